The third kappa shape index (κ3) is 2.06. The van der Waals surface area contributed by atoms with Gasteiger partial charge >= 0.3 is 0 Å². The van der Waals surface area contributed by atoms with Crippen molar-refractivity contribution in [1.82, 2.24) is 25.0 Å². The Kier molecular flexibility index (Phi) is 3.19. The summed E-state index contributed by atoms with van der Waals surface area (Å²) in [6.07, 6.45) is 2.41. The SMILES string of the molecule is CCC1CN(C(=O)c2ncn[nH]2)CCN1C. The molecule has 1 atom stereocenters. The number of H-pyrrole nitrogens is 1. The zero-order valence-corrected chi connectivity index (χ0v) is 9.68. The van der Waals surface area contributed by atoms with Crippen LogP contribution in [0.15, 0.2) is 6.33 Å². The predicted molar refractivity (Wildman–Crippen MR) is 59.0 cm³/mol. The van der Waals surface area contributed by atoms with E-state index in [2.05, 4.69) is 34.1 Å². The number of hydrogen-bond acceptors (Lipinski definition) is 4. The molecular weight excluding hydrogens is 206 g/mol. The summed E-state index contributed by atoms with van der Waals surface area (Å²) in [7, 11) is 2.10. The van der Waals surface area contributed by atoms with Crippen LogP contribution < -0.4 is 0 Å². The molecule has 1 aromatic rings. The minimum absolute atomic E-state index is 0.0518. The second-order valence-electron chi connectivity index (χ2n) is 4.13. The summed E-state index contributed by atoms with van der Waals surface area (Å²) >= 11 is 0. The average molecular weight is 223 g/mol. The molecule has 0 aromatic carbocycles. The van der Waals surface area contributed by atoms with Crippen LogP contribution in [0.2, 0.25) is 0 Å². The van der Waals surface area contributed by atoms with Crippen molar-refractivity contribution in [3.05, 3.63) is 12.2 Å². The molecule has 2 heterocycles. The van der Waals surface area contributed by atoms with E-state index < -0.39 is 0 Å². The number of rotatable bonds is 2. The van der Waals surface area contributed by atoms with Gasteiger partial charge < -0.3 is 4.90 Å². The number of piperazine rings is 1. The first-order valence-corrected chi connectivity index (χ1v) is 5.57. The summed E-state index contributed by atoms with van der Waals surface area (Å²) in [4.78, 5) is 20.0. The Balaban J connectivity index is 2.03. The first-order valence-electron chi connectivity index (χ1n) is 5.57. The number of hydrogen-bond donors (Lipinski definition) is 1. The highest BCUT2D eigenvalue weighted by atomic mass is 16.2. The summed E-state index contributed by atoms with van der Waals surface area (Å²) in [6.45, 7) is 4.58. The van der Waals surface area contributed by atoms with Gasteiger partial charge in [0, 0.05) is 25.7 Å². The highest BCUT2D eigenvalue weighted by Crippen LogP contribution is 2.12. The third-order valence-corrected chi connectivity index (χ3v) is 3.15. The lowest BCUT2D eigenvalue weighted by atomic mass is 10.1. The van der Waals surface area contributed by atoms with Gasteiger partial charge in [-0.15, -0.1) is 0 Å². The van der Waals surface area contributed by atoms with Gasteiger partial charge in [0.05, 0.1) is 0 Å². The second kappa shape index (κ2) is 4.61. The zero-order chi connectivity index (χ0) is 11.5. The lowest BCUT2D eigenvalue weighted by Gasteiger charge is -2.38. The number of amides is 1. The van der Waals surface area contributed by atoms with Gasteiger partial charge in [0.15, 0.2) is 0 Å². The van der Waals surface area contributed by atoms with Crippen molar-refractivity contribution in [2.24, 2.45) is 0 Å². The van der Waals surface area contributed by atoms with E-state index in [1.54, 1.807) is 0 Å². The summed E-state index contributed by atoms with van der Waals surface area (Å²) in [6, 6.07) is 0.445. The molecule has 1 amide bonds. The molecule has 1 fully saturated rings. The molecule has 1 aliphatic heterocycles. The molecule has 0 saturated carbocycles. The molecule has 1 saturated heterocycles. The molecule has 1 aromatic heterocycles. The molecule has 1 N–H and O–H groups in total. The summed E-state index contributed by atoms with van der Waals surface area (Å²) in [5.41, 5.74) is 0. The highest BCUT2D eigenvalue weighted by Gasteiger charge is 2.27. The average Bonchev–Trinajstić information content (AvgIpc) is 2.82. The van der Waals surface area contributed by atoms with E-state index in [1.807, 2.05) is 4.90 Å². The molecule has 1 unspecified atom stereocenters. The third-order valence-electron chi connectivity index (χ3n) is 3.15. The molecule has 6 heteroatoms. The van der Waals surface area contributed by atoms with Crippen molar-refractivity contribution in [3.8, 4) is 0 Å². The fourth-order valence-corrected chi connectivity index (χ4v) is 2.03. The molecule has 88 valence electrons. The Bertz CT molecular complexity index is 350. The topological polar surface area (TPSA) is 65.1 Å². The highest BCUT2D eigenvalue weighted by molar-refractivity contribution is 5.90. The van der Waals surface area contributed by atoms with E-state index in [-0.39, 0.29) is 5.91 Å². The van der Waals surface area contributed by atoms with Gasteiger partial charge in [0.25, 0.3) is 5.91 Å². The van der Waals surface area contributed by atoms with Crippen molar-refractivity contribution in [2.45, 2.75) is 19.4 Å². The Morgan fingerprint density at radius 2 is 2.44 bits per heavy atom. The molecule has 0 aliphatic carbocycles. The summed E-state index contributed by atoms with van der Waals surface area (Å²) in [5, 5.41) is 6.31. The monoisotopic (exact) mass is 223 g/mol. The molecule has 16 heavy (non-hydrogen) atoms. The van der Waals surface area contributed by atoms with E-state index >= 15 is 0 Å². The minimum Gasteiger partial charge on any atom is -0.333 e. The Hall–Kier alpha value is -1.43. The standard InChI is InChI=1S/C10H17N5O/c1-3-8-6-15(5-4-14(8)2)10(16)9-11-7-12-13-9/h7-8H,3-6H2,1-2H3,(H,11,12,13). The smallest absolute Gasteiger partial charge is 0.291 e. The zero-order valence-electron chi connectivity index (χ0n) is 9.68. The Morgan fingerprint density at radius 3 is 3.06 bits per heavy atom. The van der Waals surface area contributed by atoms with Crippen LogP contribution in [0, 0.1) is 0 Å². The van der Waals surface area contributed by atoms with Crippen molar-refractivity contribution in [1.29, 1.82) is 0 Å². The number of likely N-dealkylation sites (N-methyl/N-ethyl adjacent to an activating group) is 1. The van der Waals surface area contributed by atoms with Crippen LogP contribution in [-0.2, 0) is 0 Å². The maximum absolute atomic E-state index is 12.0. The number of nitrogens with zero attached hydrogens (tertiary/aromatic N) is 4. The fourth-order valence-electron chi connectivity index (χ4n) is 2.03. The van der Waals surface area contributed by atoms with Crippen LogP contribution in [0.4, 0.5) is 0 Å². The quantitative estimate of drug-likeness (QED) is 0.764. The molecule has 0 radical (unpaired) electrons. The first-order chi connectivity index (χ1) is 7.72. The summed E-state index contributed by atoms with van der Waals surface area (Å²) in [5.74, 6) is 0.281. The van der Waals surface area contributed by atoms with Gasteiger partial charge in [-0.1, -0.05) is 6.92 Å². The maximum Gasteiger partial charge on any atom is 0.291 e. The van der Waals surface area contributed by atoms with Crippen molar-refractivity contribution >= 4 is 5.91 Å². The van der Waals surface area contributed by atoms with E-state index in [1.165, 1.54) is 6.33 Å². The Morgan fingerprint density at radius 1 is 1.62 bits per heavy atom. The lowest BCUT2D eigenvalue weighted by molar-refractivity contribution is 0.0531. The molecule has 0 bridgehead atoms. The molecular formula is C10H17N5O. The van der Waals surface area contributed by atoms with Crippen LogP contribution in [0.1, 0.15) is 24.0 Å². The normalized spacial score (nSPS) is 22.4. The van der Waals surface area contributed by atoms with Gasteiger partial charge in [-0.3, -0.25) is 14.8 Å². The van der Waals surface area contributed by atoms with Crippen LogP contribution in [-0.4, -0.2) is 63.6 Å². The number of nitrogens with one attached hydrogen (secondary N) is 1. The minimum atomic E-state index is -0.0518. The van der Waals surface area contributed by atoms with Gasteiger partial charge in [0.2, 0.25) is 5.82 Å². The summed E-state index contributed by atoms with van der Waals surface area (Å²) < 4.78 is 0. The van der Waals surface area contributed by atoms with E-state index in [9.17, 15) is 4.79 Å². The van der Waals surface area contributed by atoms with Crippen molar-refractivity contribution in [3.63, 3.8) is 0 Å². The van der Waals surface area contributed by atoms with E-state index in [4.69, 9.17) is 0 Å². The second-order valence-corrected chi connectivity index (χ2v) is 4.13. The predicted octanol–water partition coefficient (Wildman–Crippen LogP) is -0.0291. The van der Waals surface area contributed by atoms with Gasteiger partial charge in [-0.2, -0.15) is 5.10 Å². The van der Waals surface area contributed by atoms with Gasteiger partial charge in [0.1, 0.15) is 6.33 Å². The van der Waals surface area contributed by atoms with Crippen LogP contribution in [0.3, 0.4) is 0 Å². The van der Waals surface area contributed by atoms with Gasteiger partial charge in [-0.05, 0) is 13.5 Å². The molecule has 6 nitrogen and oxygen atoms in total. The van der Waals surface area contributed by atoms with E-state index in [0.717, 1.165) is 26.1 Å². The molecule has 2 rings (SSSR count). The van der Waals surface area contributed by atoms with Gasteiger partial charge in [-0.25, -0.2) is 4.98 Å². The molecule has 1 aliphatic rings. The Labute approximate surface area is 94.6 Å². The fraction of sp³-hybridized carbons (Fsp3) is 0.700. The van der Waals surface area contributed by atoms with Crippen molar-refractivity contribution < 1.29 is 4.79 Å². The number of carbonyl (C=O) groups excluding carboxylic acids is 1. The van der Waals surface area contributed by atoms with Crippen LogP contribution >= 0.6 is 0 Å². The van der Waals surface area contributed by atoms with Crippen LogP contribution in [0.5, 0.6) is 0 Å². The van der Waals surface area contributed by atoms with Crippen LogP contribution in [0.25, 0.3) is 0 Å². The number of carbonyl (C=O) groups is 1. The lowest BCUT2D eigenvalue weighted by Crippen LogP contribution is -2.53. The number of aromatic amines is 1. The molecule has 0 spiro atoms. The first kappa shape index (κ1) is 11.1. The largest absolute Gasteiger partial charge is 0.333 e. The number of aromatic nitrogens is 3. The maximum atomic E-state index is 12.0. The van der Waals surface area contributed by atoms with E-state index in [0.29, 0.717) is 11.9 Å². The van der Waals surface area contributed by atoms with Crippen molar-refractivity contribution in [2.75, 3.05) is 26.7 Å².